The molecule has 1 heterocycles. The number of nitrogens with zero attached hydrogens (tertiary/aromatic N) is 2. The lowest BCUT2D eigenvalue weighted by Crippen LogP contribution is -2.81. The third-order valence-electron chi connectivity index (χ3n) is 9.03. The van der Waals surface area contributed by atoms with Crippen LogP contribution in [0.15, 0.2) is 48.9 Å². The van der Waals surface area contributed by atoms with Gasteiger partial charge in [-0.15, -0.1) is 21.9 Å². The molecule has 0 aliphatic rings. The Hall–Kier alpha value is -6.37. The number of aromatic nitrogens is 2. The van der Waals surface area contributed by atoms with Crippen LogP contribution >= 0.6 is 0 Å². The van der Waals surface area contributed by atoms with Crippen LogP contribution in [0.3, 0.4) is 0 Å². The van der Waals surface area contributed by atoms with Crippen LogP contribution < -0.4 is 26.4 Å². The van der Waals surface area contributed by atoms with Crippen LogP contribution in [0.1, 0.15) is 11.3 Å². The summed E-state index contributed by atoms with van der Waals surface area (Å²) in [6, 6.07) is 8.99. The highest BCUT2D eigenvalue weighted by Gasteiger charge is 2.52. The van der Waals surface area contributed by atoms with Gasteiger partial charge in [-0.05, 0) is 0 Å². The quantitative estimate of drug-likeness (QED) is 0.0541. The Morgan fingerprint density at radius 1 is 0.387 bits per heavy atom. The van der Waals surface area contributed by atoms with Crippen molar-refractivity contribution in [3.8, 4) is 0 Å². The second-order valence-electron chi connectivity index (χ2n) is 12.4. The molecule has 6 aromatic rings. The van der Waals surface area contributed by atoms with E-state index in [0.717, 1.165) is 16.3 Å². The summed E-state index contributed by atoms with van der Waals surface area (Å²) >= 11 is 0. The first-order chi connectivity index (χ1) is 28.8. The van der Waals surface area contributed by atoms with E-state index in [0.29, 0.717) is 0 Å². The van der Waals surface area contributed by atoms with Gasteiger partial charge in [-0.2, -0.15) is 17.7 Å². The molecule has 5 aromatic carbocycles. The van der Waals surface area contributed by atoms with Crippen molar-refractivity contribution >= 4 is 28.0 Å². The maximum atomic E-state index is 15.4. The summed E-state index contributed by atoms with van der Waals surface area (Å²) in [6.07, 6.45) is -8.09. The van der Waals surface area contributed by atoms with Gasteiger partial charge in [0.2, 0.25) is 0 Å². The van der Waals surface area contributed by atoms with E-state index in [-0.39, 0.29) is 6.54 Å². The highest BCUT2D eigenvalue weighted by molar-refractivity contribution is 7.20. The molecule has 0 N–H and O–H groups in total. The summed E-state index contributed by atoms with van der Waals surface area (Å²) in [4.78, 5) is 3.51. The van der Waals surface area contributed by atoms with Crippen LogP contribution in [0.25, 0.3) is 0 Å². The first-order valence-corrected chi connectivity index (χ1v) is 16.0. The molecular weight excluding hydrogens is 908 g/mol. The molecule has 0 saturated carbocycles. The number of halogens is 23. The van der Waals surface area contributed by atoms with Gasteiger partial charge in [-0.3, -0.25) is 4.98 Å². The molecule has 26 heteroatoms. The van der Waals surface area contributed by atoms with Crippen LogP contribution in [-0.4, -0.2) is 11.1 Å². The average Bonchev–Trinajstić information content (AvgIpc) is 3.24. The zero-order valence-electron chi connectivity index (χ0n) is 29.0. The summed E-state index contributed by atoms with van der Waals surface area (Å²) in [5.41, 5.74) is -14.3. The molecule has 0 atom stereocenters. The second-order valence-corrected chi connectivity index (χ2v) is 12.4. The summed E-state index contributed by atoms with van der Waals surface area (Å²) in [5, 5.41) is 0. The van der Waals surface area contributed by atoms with Crippen LogP contribution in [-0.2, 0) is 12.7 Å². The molecule has 6 rings (SSSR count). The lowest BCUT2D eigenvalue weighted by Gasteiger charge is -2.44. The molecule has 0 amide bonds. The summed E-state index contributed by atoms with van der Waals surface area (Å²) < 4.78 is 333. The van der Waals surface area contributed by atoms with E-state index in [1.807, 2.05) is 6.07 Å². The topological polar surface area (TPSA) is 16.8 Å². The molecule has 2 nitrogen and oxygen atoms in total. The lowest BCUT2D eigenvalue weighted by molar-refractivity contribution is -0.707. The second kappa shape index (κ2) is 16.8. The Kier molecular flexibility index (Phi) is 12.7. The minimum atomic E-state index is -7.22. The number of alkyl halides is 3. The summed E-state index contributed by atoms with van der Waals surface area (Å²) in [6.45, 7) is 0.179. The van der Waals surface area contributed by atoms with Gasteiger partial charge in [0.1, 0.15) is 58.9 Å². The Morgan fingerprint density at radius 3 is 0.903 bits per heavy atom. The van der Waals surface area contributed by atoms with Crippen LogP contribution in [0.2, 0.25) is 0 Å². The number of hydrogen-bond donors (Lipinski definition) is 0. The van der Waals surface area contributed by atoms with Gasteiger partial charge in [-0.1, -0.05) is 30.3 Å². The number of benzene rings is 5. The molecule has 1 aromatic heterocycles. The fourth-order valence-electron chi connectivity index (χ4n) is 6.42. The average molecular weight is 918 g/mol. The Morgan fingerprint density at radius 2 is 0.645 bits per heavy atom. The molecule has 0 aliphatic heterocycles. The van der Waals surface area contributed by atoms with Gasteiger partial charge in [0.25, 0.3) is 0 Å². The van der Waals surface area contributed by atoms with E-state index in [1.54, 1.807) is 24.3 Å². The molecule has 0 radical (unpaired) electrons. The van der Waals surface area contributed by atoms with E-state index >= 15 is 35.1 Å². The van der Waals surface area contributed by atoms with Crippen LogP contribution in [0.4, 0.5) is 101 Å². The summed E-state index contributed by atoms with van der Waals surface area (Å²) in [7, 11) is 0. The molecular formula is C36H10BF23N2. The molecule has 0 unspecified atom stereocenters. The molecule has 0 spiro atoms. The van der Waals surface area contributed by atoms with Crippen molar-refractivity contribution in [1.29, 1.82) is 0 Å². The van der Waals surface area contributed by atoms with Crippen molar-refractivity contribution in [2.45, 2.75) is 12.7 Å². The van der Waals surface area contributed by atoms with Gasteiger partial charge in [-0.25, -0.2) is 87.8 Å². The van der Waals surface area contributed by atoms with Gasteiger partial charge >= 0.3 is 11.9 Å². The van der Waals surface area contributed by atoms with Crippen molar-refractivity contribution in [2.24, 2.45) is 0 Å². The molecule has 0 bridgehead atoms. The SMILES string of the molecule is FC(F)(F)c1cncc[n+]1Cc1ccccc1.Fc1c(F)c(F)c([B-](c2c(F)c(F)c(F)c(F)c2F)(c2c(F)c(F)c(F)c(F)c2F)c2c(F)c(F)c(F)c(F)c2F)c(F)c1F. The van der Waals surface area contributed by atoms with Gasteiger partial charge in [0, 0.05) is 5.56 Å². The van der Waals surface area contributed by atoms with E-state index in [4.69, 9.17) is 0 Å². The number of rotatable bonds is 6. The summed E-state index contributed by atoms with van der Waals surface area (Å²) in [5.74, 6) is -71.4. The first-order valence-electron chi connectivity index (χ1n) is 16.0. The van der Waals surface area contributed by atoms with E-state index in [9.17, 15) is 65.9 Å². The Labute approximate surface area is 328 Å². The van der Waals surface area contributed by atoms with Gasteiger partial charge in [0.05, 0.1) is 6.20 Å². The van der Waals surface area contributed by atoms with Gasteiger partial charge in [0.15, 0.2) is 82.5 Å². The highest BCUT2D eigenvalue weighted by Crippen LogP contribution is 2.31. The maximum Gasteiger partial charge on any atom is 0.479 e. The fraction of sp³-hybridized carbons (Fsp3) is 0.0556. The van der Waals surface area contributed by atoms with Crippen molar-refractivity contribution in [3.63, 3.8) is 0 Å². The predicted molar refractivity (Wildman–Crippen MR) is 164 cm³/mol. The van der Waals surface area contributed by atoms with E-state index < -0.39 is 156 Å². The lowest BCUT2D eigenvalue weighted by atomic mass is 9.12. The van der Waals surface area contributed by atoms with Crippen molar-refractivity contribution in [2.75, 3.05) is 0 Å². The molecule has 0 fully saturated rings. The van der Waals surface area contributed by atoms with Crippen LogP contribution in [0.5, 0.6) is 0 Å². The van der Waals surface area contributed by atoms with Crippen LogP contribution in [0, 0.1) is 116 Å². The van der Waals surface area contributed by atoms with Crippen molar-refractivity contribution in [1.82, 2.24) is 4.98 Å². The highest BCUT2D eigenvalue weighted by atomic mass is 19.4. The monoisotopic (exact) mass is 918 g/mol. The smallest absolute Gasteiger partial charge is 0.252 e. The minimum absolute atomic E-state index is 0.179. The zero-order chi connectivity index (χ0) is 46.7. The maximum absolute atomic E-state index is 15.4. The first kappa shape index (κ1) is 46.7. The van der Waals surface area contributed by atoms with Gasteiger partial charge < -0.3 is 0 Å². The molecule has 0 aliphatic carbocycles. The third-order valence-corrected chi connectivity index (χ3v) is 9.03. The van der Waals surface area contributed by atoms with E-state index in [2.05, 4.69) is 4.98 Å². The molecule has 328 valence electrons. The number of hydrogen-bond acceptors (Lipinski definition) is 1. The standard InChI is InChI=1S/C24BF20.C12H10F3N2/c26-5-1(6(27)14(35)21(42)13(5)34)25(2-7(28)15(36)22(43)16(37)8(2)29,3-9(30)17(38)23(44)18(39)10(3)31)4-11(32)19(40)24(45)20(41)12(4)33;13-12(14,15)11-8-16-6-7-17(11)9-10-4-2-1-3-5-10/h;1-8H,9H2/q-1;+1. The fourth-order valence-corrected chi connectivity index (χ4v) is 6.42. The molecule has 62 heavy (non-hydrogen) atoms. The Balaban J connectivity index is 0.000000355. The molecule has 0 saturated heterocycles. The predicted octanol–water partition coefficient (Wildman–Crippen LogP) is 8.28. The van der Waals surface area contributed by atoms with Crippen molar-refractivity contribution < 1.29 is 106 Å². The van der Waals surface area contributed by atoms with E-state index in [1.165, 1.54) is 12.4 Å². The van der Waals surface area contributed by atoms with Crippen molar-refractivity contribution in [3.05, 3.63) is 177 Å². The zero-order valence-corrected chi connectivity index (χ0v) is 29.0. The normalized spacial score (nSPS) is 11.9. The minimum Gasteiger partial charge on any atom is -0.252 e. The largest absolute Gasteiger partial charge is 0.479 e. The Bertz CT molecular complexity index is 2380. The third kappa shape index (κ3) is 7.30.